The normalized spacial score (nSPS) is 15.0. The Morgan fingerprint density at radius 2 is 1.90 bits per heavy atom. The summed E-state index contributed by atoms with van der Waals surface area (Å²) in [4.78, 5) is 1.35. The van der Waals surface area contributed by atoms with E-state index in [9.17, 15) is 9.23 Å². The molecule has 2 aromatic rings. The van der Waals surface area contributed by atoms with E-state index in [1.165, 1.54) is 0 Å². The van der Waals surface area contributed by atoms with Gasteiger partial charge in [-0.3, -0.25) is 0 Å². The minimum atomic E-state index is -1.29. The van der Waals surface area contributed by atoms with Gasteiger partial charge in [0.05, 0.1) is 24.5 Å². The van der Waals surface area contributed by atoms with Gasteiger partial charge in [0.25, 0.3) is 0 Å². The second-order valence-electron chi connectivity index (χ2n) is 4.47. The molecule has 1 aliphatic heterocycles. The van der Waals surface area contributed by atoms with Gasteiger partial charge >= 0.3 is 7.12 Å². The third-order valence-corrected chi connectivity index (χ3v) is 4.65. The van der Waals surface area contributed by atoms with Crippen molar-refractivity contribution in [2.24, 2.45) is 0 Å². The van der Waals surface area contributed by atoms with Gasteiger partial charge in [-0.2, -0.15) is 0 Å². The molecule has 1 atom stereocenters. The highest BCUT2D eigenvalue weighted by atomic mass is 32.2. The van der Waals surface area contributed by atoms with Gasteiger partial charge in [-0.25, -0.2) is 4.21 Å². The maximum absolute atomic E-state index is 12.5. The Hall–Kier alpha value is -1.63. The molecule has 0 bridgehead atoms. The SMILES string of the molecule is COc1ccc(S(=O)c2ccc3c(c2)B(O)OC3)cc1. The van der Waals surface area contributed by atoms with Crippen LogP contribution in [0.5, 0.6) is 5.75 Å². The molecule has 0 radical (unpaired) electrons. The van der Waals surface area contributed by atoms with Gasteiger partial charge in [0, 0.05) is 9.79 Å². The standard InChI is InChI=1S/C14H13BO4S/c1-18-11-3-6-12(7-4-11)20(17)13-5-2-10-9-19-15(16)14(10)8-13/h2-8,16H,9H2,1H3. The van der Waals surface area contributed by atoms with Crippen LogP contribution in [0.25, 0.3) is 0 Å². The van der Waals surface area contributed by atoms with Crippen molar-refractivity contribution in [2.75, 3.05) is 7.11 Å². The highest BCUT2D eigenvalue weighted by Crippen LogP contribution is 2.21. The first-order chi connectivity index (χ1) is 9.69. The summed E-state index contributed by atoms with van der Waals surface area (Å²) < 4.78 is 22.7. The number of ether oxygens (including phenoxy) is 1. The van der Waals surface area contributed by atoms with E-state index in [2.05, 4.69) is 0 Å². The summed E-state index contributed by atoms with van der Waals surface area (Å²) in [7, 11) is -0.614. The maximum Gasteiger partial charge on any atom is 0.491 e. The molecule has 2 aromatic carbocycles. The smallest absolute Gasteiger partial charge is 0.491 e. The van der Waals surface area contributed by atoms with Crippen LogP contribution < -0.4 is 10.2 Å². The van der Waals surface area contributed by atoms with Crippen molar-refractivity contribution in [1.82, 2.24) is 0 Å². The highest BCUT2D eigenvalue weighted by molar-refractivity contribution is 7.85. The molecule has 0 amide bonds. The summed E-state index contributed by atoms with van der Waals surface area (Å²) in [6.45, 7) is 0.395. The first-order valence-corrected chi connectivity index (χ1v) is 7.32. The lowest BCUT2D eigenvalue weighted by Crippen LogP contribution is -2.28. The van der Waals surface area contributed by atoms with Crippen LogP contribution in [0.1, 0.15) is 5.56 Å². The molecule has 102 valence electrons. The molecular weight excluding hydrogens is 275 g/mol. The van der Waals surface area contributed by atoms with Crippen LogP contribution in [0.15, 0.2) is 52.3 Å². The van der Waals surface area contributed by atoms with E-state index in [1.807, 2.05) is 6.07 Å². The fraction of sp³-hybridized carbons (Fsp3) is 0.143. The van der Waals surface area contributed by atoms with Crippen molar-refractivity contribution in [2.45, 2.75) is 16.4 Å². The van der Waals surface area contributed by atoms with Crippen molar-refractivity contribution in [1.29, 1.82) is 0 Å². The van der Waals surface area contributed by atoms with E-state index < -0.39 is 17.9 Å². The fourth-order valence-electron chi connectivity index (χ4n) is 2.14. The highest BCUT2D eigenvalue weighted by Gasteiger charge is 2.27. The zero-order chi connectivity index (χ0) is 14.1. The number of hydrogen-bond donors (Lipinski definition) is 1. The Kier molecular flexibility index (Phi) is 3.61. The van der Waals surface area contributed by atoms with Gasteiger partial charge < -0.3 is 14.4 Å². The van der Waals surface area contributed by atoms with Crippen LogP contribution in [0, 0.1) is 0 Å². The third kappa shape index (κ3) is 2.37. The van der Waals surface area contributed by atoms with Gasteiger partial charge in [-0.15, -0.1) is 0 Å². The summed E-state index contributed by atoms with van der Waals surface area (Å²) in [6.07, 6.45) is 0. The summed E-state index contributed by atoms with van der Waals surface area (Å²) in [6, 6.07) is 12.5. The molecule has 20 heavy (non-hydrogen) atoms. The van der Waals surface area contributed by atoms with Gasteiger partial charge in [0.15, 0.2) is 0 Å². The van der Waals surface area contributed by atoms with Crippen LogP contribution in [-0.4, -0.2) is 23.5 Å². The van der Waals surface area contributed by atoms with Gasteiger partial charge in [0.2, 0.25) is 0 Å². The van der Waals surface area contributed by atoms with E-state index in [4.69, 9.17) is 9.39 Å². The molecule has 0 aromatic heterocycles. The average Bonchev–Trinajstić information content (AvgIpc) is 2.87. The van der Waals surface area contributed by atoms with E-state index in [0.717, 1.165) is 11.3 Å². The van der Waals surface area contributed by atoms with Crippen LogP contribution in [0.2, 0.25) is 0 Å². The first kappa shape index (κ1) is 13.4. The summed E-state index contributed by atoms with van der Waals surface area (Å²) in [5, 5.41) is 9.69. The minimum Gasteiger partial charge on any atom is -0.497 e. The molecule has 0 saturated carbocycles. The first-order valence-electron chi connectivity index (χ1n) is 6.17. The fourth-order valence-corrected chi connectivity index (χ4v) is 3.22. The summed E-state index contributed by atoms with van der Waals surface area (Å²) in [5.41, 5.74) is 1.64. The van der Waals surface area contributed by atoms with Gasteiger partial charge in [0.1, 0.15) is 5.75 Å². The average molecular weight is 288 g/mol. The van der Waals surface area contributed by atoms with Crippen LogP contribution in [-0.2, 0) is 22.1 Å². The number of hydrogen-bond acceptors (Lipinski definition) is 4. The van der Waals surface area contributed by atoms with E-state index in [-0.39, 0.29) is 0 Å². The largest absolute Gasteiger partial charge is 0.497 e. The van der Waals surface area contributed by atoms with Crippen molar-refractivity contribution < 1.29 is 18.6 Å². The molecule has 4 nitrogen and oxygen atoms in total. The maximum atomic E-state index is 12.5. The van der Waals surface area contributed by atoms with Gasteiger partial charge in [-0.1, -0.05) is 6.07 Å². The van der Waals surface area contributed by atoms with Crippen molar-refractivity contribution in [3.05, 3.63) is 48.0 Å². The zero-order valence-corrected chi connectivity index (χ0v) is 11.7. The quantitative estimate of drug-likeness (QED) is 0.859. The predicted octanol–water partition coefficient (Wildman–Crippen LogP) is 1.08. The summed E-state index contributed by atoms with van der Waals surface area (Å²) >= 11 is 0. The van der Waals surface area contributed by atoms with Crippen molar-refractivity contribution in [3.8, 4) is 5.75 Å². The lowest BCUT2D eigenvalue weighted by Gasteiger charge is -2.06. The topological polar surface area (TPSA) is 55.8 Å². The molecule has 1 unspecified atom stereocenters. The second-order valence-corrected chi connectivity index (χ2v) is 5.95. The Morgan fingerprint density at radius 3 is 2.60 bits per heavy atom. The van der Waals surface area contributed by atoms with Crippen molar-refractivity contribution >= 4 is 23.4 Å². The molecule has 0 aliphatic carbocycles. The second kappa shape index (κ2) is 5.40. The number of rotatable bonds is 3. The van der Waals surface area contributed by atoms with Crippen LogP contribution in [0.3, 0.4) is 0 Å². The van der Waals surface area contributed by atoms with Crippen LogP contribution in [0.4, 0.5) is 0 Å². The molecule has 0 spiro atoms. The van der Waals surface area contributed by atoms with Gasteiger partial charge in [-0.05, 0) is 47.4 Å². The summed E-state index contributed by atoms with van der Waals surface area (Å²) in [5.74, 6) is 0.725. The van der Waals surface area contributed by atoms with E-state index in [1.54, 1.807) is 43.5 Å². The predicted molar refractivity (Wildman–Crippen MR) is 76.5 cm³/mol. The molecule has 0 fully saturated rings. The Bertz CT molecular complexity index is 657. The molecule has 1 heterocycles. The number of methoxy groups -OCH3 is 1. The Balaban J connectivity index is 1.92. The number of benzene rings is 2. The molecule has 3 rings (SSSR count). The molecule has 0 saturated heterocycles. The molecule has 1 aliphatic rings. The van der Waals surface area contributed by atoms with Crippen molar-refractivity contribution in [3.63, 3.8) is 0 Å². The lowest BCUT2D eigenvalue weighted by molar-refractivity contribution is 0.275. The zero-order valence-electron chi connectivity index (χ0n) is 10.9. The van der Waals surface area contributed by atoms with Crippen LogP contribution >= 0.6 is 0 Å². The van der Waals surface area contributed by atoms with E-state index in [0.29, 0.717) is 21.9 Å². The Morgan fingerprint density at radius 1 is 1.20 bits per heavy atom. The molecule has 1 N–H and O–H groups in total. The molecule has 6 heteroatoms. The monoisotopic (exact) mass is 288 g/mol. The van der Waals surface area contributed by atoms with E-state index >= 15 is 0 Å². The third-order valence-electron chi connectivity index (χ3n) is 3.27. The number of fused-ring (bicyclic) bond motifs is 1. The Labute approximate surface area is 120 Å². The molecular formula is C14H13BO4S. The lowest BCUT2D eigenvalue weighted by atomic mass is 9.80. The minimum absolute atomic E-state index is 0.395.